The minimum Gasteiger partial charge on any atom is -0.400 e. The third kappa shape index (κ3) is 5.92. The van der Waals surface area contributed by atoms with E-state index in [1.54, 1.807) is 12.1 Å². The molecule has 0 bridgehead atoms. The molecule has 1 aliphatic carbocycles. The molecular weight excluding hydrogens is 348 g/mol. The van der Waals surface area contributed by atoms with Gasteiger partial charge in [0.05, 0.1) is 20.4 Å². The summed E-state index contributed by atoms with van der Waals surface area (Å²) < 4.78 is 14.1. The van der Waals surface area contributed by atoms with Crippen LogP contribution in [0.15, 0.2) is 58.2 Å². The van der Waals surface area contributed by atoms with Crippen molar-refractivity contribution < 1.29 is 4.39 Å². The van der Waals surface area contributed by atoms with E-state index in [2.05, 4.69) is 11.6 Å². The topological polar surface area (TPSA) is 50.7 Å². The summed E-state index contributed by atoms with van der Waals surface area (Å²) in [6, 6.07) is 6.62. The van der Waals surface area contributed by atoms with E-state index in [0.29, 0.717) is 42.9 Å². The molecule has 148 valence electrons. The van der Waals surface area contributed by atoms with E-state index in [9.17, 15) is 4.39 Å². The molecule has 1 atom stereocenters. The number of nitrogens with zero attached hydrogens (tertiary/aromatic N) is 2. The molecule has 1 aliphatic rings. The van der Waals surface area contributed by atoms with E-state index >= 15 is 0 Å². The van der Waals surface area contributed by atoms with Crippen LogP contribution in [-0.4, -0.2) is 25.8 Å². The number of benzene rings is 1. The zero-order chi connectivity index (χ0) is 20.4. The smallest absolute Gasteiger partial charge is 0.128 e. The molecule has 0 amide bonds. The second-order valence-electron chi connectivity index (χ2n) is 7.17. The monoisotopic (exact) mass is 379 g/mol. The summed E-state index contributed by atoms with van der Waals surface area (Å²) in [5, 5.41) is 0. The van der Waals surface area contributed by atoms with Crippen molar-refractivity contribution in [2.45, 2.75) is 64.4 Å². The van der Waals surface area contributed by atoms with Crippen LogP contribution in [0.1, 0.15) is 51.0 Å². The van der Waals surface area contributed by atoms with Gasteiger partial charge in [0.25, 0.3) is 0 Å². The Morgan fingerprint density at radius 3 is 2.71 bits per heavy atom. The summed E-state index contributed by atoms with van der Waals surface area (Å²) in [6.07, 6.45) is 9.73. The second kappa shape index (κ2) is 11.6. The van der Waals surface area contributed by atoms with Gasteiger partial charge in [-0.3, -0.25) is 9.98 Å². The van der Waals surface area contributed by atoms with E-state index in [-0.39, 0.29) is 11.9 Å². The van der Waals surface area contributed by atoms with E-state index in [1.165, 1.54) is 12.5 Å². The molecule has 0 aromatic heterocycles. The summed E-state index contributed by atoms with van der Waals surface area (Å²) >= 11 is 0. The molecule has 0 aliphatic heterocycles. The van der Waals surface area contributed by atoms with Crippen molar-refractivity contribution in [1.29, 1.82) is 0 Å². The Kier molecular flexibility index (Phi) is 9.19. The van der Waals surface area contributed by atoms with Gasteiger partial charge in [0, 0.05) is 22.9 Å². The molecule has 2 N–H and O–H groups in total. The van der Waals surface area contributed by atoms with Crippen LogP contribution in [0.3, 0.4) is 0 Å². The lowest BCUT2D eigenvalue weighted by molar-refractivity contribution is 0.411. The quantitative estimate of drug-likeness (QED) is 0.321. The van der Waals surface area contributed by atoms with E-state index in [4.69, 9.17) is 18.6 Å². The highest BCUT2D eigenvalue weighted by Crippen LogP contribution is 2.33. The van der Waals surface area contributed by atoms with Gasteiger partial charge in [-0.15, -0.1) is 6.58 Å². The SMILES string of the molecule is [B]CCC(C(=NCc1ccccc1F)C1CCC1)=C(N)C(CC=C)N=CCC. The molecule has 5 heteroatoms. The molecule has 1 aromatic rings. The zero-order valence-corrected chi connectivity index (χ0v) is 16.9. The standard InChI is InChI=1S/C23H31BFN3/c1-3-8-21(27-15-4-2)22(26)19(13-14-24)23(17-10-7-11-17)28-16-18-9-5-6-12-20(18)25/h3,5-6,9,12,15,17,21H,1,4,7-8,10-11,13-14,16,26H2,2H3. The van der Waals surface area contributed by atoms with E-state index in [1.807, 2.05) is 25.3 Å². The highest BCUT2D eigenvalue weighted by Gasteiger charge is 2.28. The lowest BCUT2D eigenvalue weighted by Gasteiger charge is -2.30. The van der Waals surface area contributed by atoms with Crippen LogP contribution >= 0.6 is 0 Å². The van der Waals surface area contributed by atoms with Crippen molar-refractivity contribution in [1.82, 2.24) is 0 Å². The van der Waals surface area contributed by atoms with Gasteiger partial charge in [0.2, 0.25) is 0 Å². The number of rotatable bonds is 11. The largest absolute Gasteiger partial charge is 0.400 e. The maximum absolute atomic E-state index is 14.1. The Morgan fingerprint density at radius 1 is 1.39 bits per heavy atom. The zero-order valence-electron chi connectivity index (χ0n) is 16.9. The lowest BCUT2D eigenvalue weighted by atomic mass is 9.76. The van der Waals surface area contributed by atoms with Crippen molar-refractivity contribution in [2.24, 2.45) is 21.6 Å². The predicted octanol–water partition coefficient (Wildman–Crippen LogP) is 5.18. The number of aliphatic imine (C=N–C) groups is 2. The third-order valence-corrected chi connectivity index (χ3v) is 5.14. The van der Waals surface area contributed by atoms with Crippen molar-refractivity contribution in [3.8, 4) is 0 Å². The summed E-state index contributed by atoms with van der Waals surface area (Å²) in [5.74, 6) is 0.139. The molecule has 1 saturated carbocycles. The Bertz CT molecular complexity index is 735. The van der Waals surface area contributed by atoms with Gasteiger partial charge in [0.15, 0.2) is 0 Å². The van der Waals surface area contributed by atoms with Crippen LogP contribution in [0.5, 0.6) is 0 Å². The number of hydrogen-bond acceptors (Lipinski definition) is 3. The van der Waals surface area contributed by atoms with Gasteiger partial charge in [-0.05, 0) is 50.0 Å². The van der Waals surface area contributed by atoms with Crippen molar-refractivity contribution >= 4 is 19.8 Å². The first-order valence-electron chi connectivity index (χ1n) is 10.2. The minimum absolute atomic E-state index is 0.155. The van der Waals surface area contributed by atoms with Crippen LogP contribution in [0.25, 0.3) is 0 Å². The van der Waals surface area contributed by atoms with Crippen LogP contribution in [0.2, 0.25) is 6.32 Å². The molecule has 28 heavy (non-hydrogen) atoms. The number of halogens is 1. The first-order valence-corrected chi connectivity index (χ1v) is 10.2. The van der Waals surface area contributed by atoms with Gasteiger partial charge < -0.3 is 5.73 Å². The van der Waals surface area contributed by atoms with Gasteiger partial charge in [-0.2, -0.15) is 0 Å². The van der Waals surface area contributed by atoms with Crippen molar-refractivity contribution in [2.75, 3.05) is 0 Å². The highest BCUT2D eigenvalue weighted by atomic mass is 19.1. The molecule has 0 spiro atoms. The van der Waals surface area contributed by atoms with Crippen molar-refractivity contribution in [3.05, 3.63) is 59.6 Å². The normalized spacial score (nSPS) is 17.3. The maximum Gasteiger partial charge on any atom is 0.128 e. The van der Waals surface area contributed by atoms with Crippen LogP contribution in [-0.2, 0) is 6.54 Å². The summed E-state index contributed by atoms with van der Waals surface area (Å²) in [5.41, 5.74) is 9.88. The molecule has 2 radical (unpaired) electrons. The fraction of sp³-hybridized carbons (Fsp3) is 0.478. The molecule has 1 unspecified atom stereocenters. The summed E-state index contributed by atoms with van der Waals surface area (Å²) in [7, 11) is 5.91. The predicted molar refractivity (Wildman–Crippen MR) is 119 cm³/mol. The fourth-order valence-corrected chi connectivity index (χ4v) is 3.37. The first kappa shape index (κ1) is 22.1. The molecule has 0 saturated heterocycles. The van der Waals surface area contributed by atoms with Gasteiger partial charge in [-0.1, -0.05) is 43.9 Å². The molecule has 2 rings (SSSR count). The van der Waals surface area contributed by atoms with Gasteiger partial charge in [0.1, 0.15) is 5.82 Å². The Morgan fingerprint density at radius 2 is 2.14 bits per heavy atom. The van der Waals surface area contributed by atoms with Gasteiger partial charge in [-0.25, -0.2) is 4.39 Å². The molecule has 3 nitrogen and oxygen atoms in total. The maximum atomic E-state index is 14.1. The third-order valence-electron chi connectivity index (χ3n) is 5.14. The molecule has 1 aromatic carbocycles. The number of hydrogen-bond donors (Lipinski definition) is 1. The fourth-order valence-electron chi connectivity index (χ4n) is 3.37. The Hall–Kier alpha value is -2.17. The molecule has 0 heterocycles. The number of nitrogens with two attached hydrogens (primary N) is 1. The van der Waals surface area contributed by atoms with E-state index < -0.39 is 0 Å². The molecule has 1 fully saturated rings. The van der Waals surface area contributed by atoms with Gasteiger partial charge >= 0.3 is 0 Å². The average Bonchev–Trinajstić information content (AvgIpc) is 2.65. The lowest BCUT2D eigenvalue weighted by Crippen LogP contribution is -2.29. The minimum atomic E-state index is -0.228. The summed E-state index contributed by atoms with van der Waals surface area (Å²) in [6.45, 7) is 6.20. The highest BCUT2D eigenvalue weighted by molar-refractivity contribution is 6.10. The van der Waals surface area contributed by atoms with Crippen molar-refractivity contribution in [3.63, 3.8) is 0 Å². The second-order valence-corrected chi connectivity index (χ2v) is 7.17. The van der Waals surface area contributed by atoms with Crippen LogP contribution < -0.4 is 5.73 Å². The Balaban J connectivity index is 2.42. The Labute approximate surface area is 170 Å². The molecular formula is C23H31BFN3. The van der Waals surface area contributed by atoms with Crippen LogP contribution in [0.4, 0.5) is 4.39 Å². The number of allylic oxidation sites excluding steroid dienone is 1. The summed E-state index contributed by atoms with van der Waals surface area (Å²) in [4.78, 5) is 9.46. The average molecular weight is 379 g/mol. The first-order chi connectivity index (χ1) is 13.6. The van der Waals surface area contributed by atoms with E-state index in [0.717, 1.165) is 30.5 Å². The van der Waals surface area contributed by atoms with Crippen LogP contribution in [0, 0.1) is 11.7 Å².